The van der Waals surface area contributed by atoms with E-state index in [2.05, 4.69) is 15.4 Å². The fourth-order valence-electron chi connectivity index (χ4n) is 3.86. The average molecular weight is 320 g/mol. The Morgan fingerprint density at radius 1 is 1.30 bits per heavy atom. The molecule has 2 saturated heterocycles. The molecule has 0 aromatic carbocycles. The van der Waals surface area contributed by atoms with Gasteiger partial charge >= 0.3 is 0 Å². The molecule has 2 atom stereocenters. The summed E-state index contributed by atoms with van der Waals surface area (Å²) < 4.78 is 4.96. The highest BCUT2D eigenvalue weighted by molar-refractivity contribution is 5.91. The Bertz CT molecular complexity index is 586. The van der Waals surface area contributed by atoms with Gasteiger partial charge in [-0.25, -0.2) is 0 Å². The first-order valence-corrected chi connectivity index (χ1v) is 8.29. The van der Waals surface area contributed by atoms with Crippen LogP contribution in [0.4, 0.5) is 5.82 Å². The molecule has 0 saturated carbocycles. The maximum Gasteiger partial charge on any atom is 0.239 e. The molecule has 1 aromatic heterocycles. The van der Waals surface area contributed by atoms with Crippen LogP contribution in [-0.4, -0.2) is 58.5 Å². The standard InChI is InChI=1S/C16H24N4O3/c1-11-9-15(18-23-11)17-16(22)10-19-7-3-5-13(19)14-6-4-8-20(14)12(2)21/h9,13-14H,3-8,10H2,1-2H3,(H,17,18,22). The van der Waals surface area contributed by atoms with Crippen LogP contribution >= 0.6 is 0 Å². The van der Waals surface area contributed by atoms with Gasteiger partial charge in [0.2, 0.25) is 11.8 Å². The van der Waals surface area contributed by atoms with Gasteiger partial charge in [-0.3, -0.25) is 14.5 Å². The van der Waals surface area contributed by atoms with Crippen molar-refractivity contribution >= 4 is 17.6 Å². The molecule has 3 heterocycles. The molecule has 0 spiro atoms. The summed E-state index contributed by atoms with van der Waals surface area (Å²) >= 11 is 0. The number of aryl methyl sites for hydroxylation is 1. The number of hydrogen-bond donors (Lipinski definition) is 1. The minimum absolute atomic E-state index is 0.0856. The van der Waals surface area contributed by atoms with E-state index in [0.29, 0.717) is 18.1 Å². The smallest absolute Gasteiger partial charge is 0.239 e. The monoisotopic (exact) mass is 320 g/mol. The van der Waals surface area contributed by atoms with E-state index in [0.717, 1.165) is 38.8 Å². The van der Waals surface area contributed by atoms with E-state index in [4.69, 9.17) is 4.52 Å². The molecule has 2 amide bonds. The molecule has 2 unspecified atom stereocenters. The number of rotatable bonds is 4. The van der Waals surface area contributed by atoms with Gasteiger partial charge in [-0.1, -0.05) is 5.16 Å². The van der Waals surface area contributed by atoms with Crippen molar-refractivity contribution in [3.05, 3.63) is 11.8 Å². The number of aromatic nitrogens is 1. The first-order chi connectivity index (χ1) is 11.0. The molecule has 0 aliphatic carbocycles. The van der Waals surface area contributed by atoms with Gasteiger partial charge < -0.3 is 14.7 Å². The fourth-order valence-corrected chi connectivity index (χ4v) is 3.86. The van der Waals surface area contributed by atoms with E-state index in [1.54, 1.807) is 19.9 Å². The van der Waals surface area contributed by atoms with E-state index in [1.807, 2.05) is 4.90 Å². The first kappa shape index (κ1) is 16.0. The zero-order valence-electron chi connectivity index (χ0n) is 13.7. The second-order valence-corrected chi connectivity index (χ2v) is 6.47. The molecule has 2 aliphatic rings. The molecular formula is C16H24N4O3. The van der Waals surface area contributed by atoms with Crippen molar-refractivity contribution < 1.29 is 14.1 Å². The number of anilines is 1. The van der Waals surface area contributed by atoms with E-state index >= 15 is 0 Å². The molecule has 2 fully saturated rings. The van der Waals surface area contributed by atoms with Gasteiger partial charge in [0.25, 0.3) is 0 Å². The van der Waals surface area contributed by atoms with Gasteiger partial charge in [0.1, 0.15) is 5.76 Å². The number of nitrogens with one attached hydrogen (secondary N) is 1. The van der Waals surface area contributed by atoms with E-state index < -0.39 is 0 Å². The predicted octanol–water partition coefficient (Wildman–Crippen LogP) is 1.40. The quantitative estimate of drug-likeness (QED) is 0.907. The van der Waals surface area contributed by atoms with Crippen LogP contribution in [0.1, 0.15) is 38.4 Å². The summed E-state index contributed by atoms with van der Waals surface area (Å²) in [6.45, 7) is 5.50. The molecule has 7 nitrogen and oxygen atoms in total. The molecule has 126 valence electrons. The van der Waals surface area contributed by atoms with Crippen molar-refractivity contribution in [3.8, 4) is 0 Å². The van der Waals surface area contributed by atoms with Crippen LogP contribution in [0.3, 0.4) is 0 Å². The van der Waals surface area contributed by atoms with Crippen molar-refractivity contribution in [3.63, 3.8) is 0 Å². The van der Waals surface area contributed by atoms with Crippen molar-refractivity contribution in [2.24, 2.45) is 0 Å². The van der Waals surface area contributed by atoms with Crippen LogP contribution in [-0.2, 0) is 9.59 Å². The number of amides is 2. The maximum absolute atomic E-state index is 12.2. The number of hydrogen-bond acceptors (Lipinski definition) is 5. The zero-order valence-corrected chi connectivity index (χ0v) is 13.7. The van der Waals surface area contributed by atoms with Gasteiger partial charge in [-0.15, -0.1) is 0 Å². The summed E-state index contributed by atoms with van der Waals surface area (Å²) in [6, 6.07) is 2.23. The Morgan fingerprint density at radius 2 is 2.04 bits per heavy atom. The summed E-state index contributed by atoms with van der Waals surface area (Å²) in [7, 11) is 0. The highest BCUT2D eigenvalue weighted by atomic mass is 16.5. The van der Waals surface area contributed by atoms with Crippen LogP contribution < -0.4 is 5.32 Å². The number of nitrogens with zero attached hydrogens (tertiary/aromatic N) is 3. The van der Waals surface area contributed by atoms with Crippen LogP contribution in [0.2, 0.25) is 0 Å². The lowest BCUT2D eigenvalue weighted by Gasteiger charge is -2.34. The number of carbonyl (C=O) groups excluding carboxylic acids is 2. The first-order valence-electron chi connectivity index (χ1n) is 8.29. The summed E-state index contributed by atoms with van der Waals surface area (Å²) in [5.74, 6) is 1.18. The van der Waals surface area contributed by atoms with Gasteiger partial charge in [-0.2, -0.15) is 0 Å². The minimum Gasteiger partial charge on any atom is -0.360 e. The van der Waals surface area contributed by atoms with Crippen molar-refractivity contribution in [1.29, 1.82) is 0 Å². The Balaban J connectivity index is 1.60. The Labute approximate surface area is 136 Å². The van der Waals surface area contributed by atoms with E-state index in [9.17, 15) is 9.59 Å². The van der Waals surface area contributed by atoms with Crippen molar-refractivity contribution in [2.75, 3.05) is 25.0 Å². The molecular weight excluding hydrogens is 296 g/mol. The zero-order chi connectivity index (χ0) is 16.4. The van der Waals surface area contributed by atoms with Gasteiger partial charge in [0.15, 0.2) is 5.82 Å². The molecule has 23 heavy (non-hydrogen) atoms. The second-order valence-electron chi connectivity index (χ2n) is 6.47. The molecule has 3 rings (SSSR count). The Kier molecular flexibility index (Phi) is 4.66. The third kappa shape index (κ3) is 3.55. The summed E-state index contributed by atoms with van der Waals surface area (Å²) in [5.41, 5.74) is 0. The Morgan fingerprint density at radius 3 is 2.74 bits per heavy atom. The normalized spacial score (nSPS) is 25.0. The topological polar surface area (TPSA) is 78.7 Å². The van der Waals surface area contributed by atoms with E-state index in [1.165, 1.54) is 0 Å². The third-order valence-corrected chi connectivity index (χ3v) is 4.80. The molecule has 0 radical (unpaired) electrons. The number of likely N-dealkylation sites (tertiary alicyclic amines) is 2. The van der Waals surface area contributed by atoms with Crippen LogP contribution in [0.15, 0.2) is 10.6 Å². The van der Waals surface area contributed by atoms with Gasteiger partial charge in [-0.05, 0) is 39.2 Å². The summed E-state index contributed by atoms with van der Waals surface area (Å²) in [6.07, 6.45) is 4.21. The Hall–Kier alpha value is -1.89. The van der Waals surface area contributed by atoms with Crippen molar-refractivity contribution in [2.45, 2.75) is 51.6 Å². The lowest BCUT2D eigenvalue weighted by molar-refractivity contribution is -0.130. The molecule has 7 heteroatoms. The number of carbonyl (C=O) groups is 2. The fraction of sp³-hybridized carbons (Fsp3) is 0.688. The molecule has 1 aromatic rings. The van der Waals surface area contributed by atoms with Crippen LogP contribution in [0.5, 0.6) is 0 Å². The average Bonchev–Trinajstić information content (AvgIpc) is 3.18. The highest BCUT2D eigenvalue weighted by Crippen LogP contribution is 2.29. The predicted molar refractivity (Wildman–Crippen MR) is 84.9 cm³/mol. The van der Waals surface area contributed by atoms with Gasteiger partial charge in [0, 0.05) is 31.6 Å². The lowest BCUT2D eigenvalue weighted by atomic mass is 10.0. The van der Waals surface area contributed by atoms with Gasteiger partial charge in [0.05, 0.1) is 6.54 Å². The largest absolute Gasteiger partial charge is 0.360 e. The summed E-state index contributed by atoms with van der Waals surface area (Å²) in [4.78, 5) is 28.2. The molecule has 2 aliphatic heterocycles. The maximum atomic E-state index is 12.2. The van der Waals surface area contributed by atoms with E-state index in [-0.39, 0.29) is 23.9 Å². The minimum atomic E-state index is -0.0856. The molecule has 0 bridgehead atoms. The summed E-state index contributed by atoms with van der Waals surface area (Å²) in [5, 5.41) is 6.55. The third-order valence-electron chi connectivity index (χ3n) is 4.80. The SMILES string of the molecule is CC(=O)N1CCCC1C1CCCN1CC(=O)Nc1cc(C)on1. The molecule has 1 N–H and O–H groups in total. The van der Waals surface area contributed by atoms with Crippen LogP contribution in [0.25, 0.3) is 0 Å². The van der Waals surface area contributed by atoms with Crippen LogP contribution in [0, 0.1) is 6.92 Å². The lowest BCUT2D eigenvalue weighted by Crippen LogP contribution is -2.49. The van der Waals surface area contributed by atoms with Crippen molar-refractivity contribution in [1.82, 2.24) is 15.0 Å². The second kappa shape index (κ2) is 6.70. The highest BCUT2D eigenvalue weighted by Gasteiger charge is 2.39.